The fourth-order valence-electron chi connectivity index (χ4n) is 2.59. The molecule has 5 nitrogen and oxygen atoms in total. The molecule has 1 heterocycles. The zero-order valence-electron chi connectivity index (χ0n) is 14.9. The minimum Gasteiger partial charge on any atom is -0.817 e. The number of pyridine rings is 1. The number of nitrogens with zero attached hydrogens (tertiary/aromatic N) is 2. The Bertz CT molecular complexity index is 978. The normalized spacial score (nSPS) is 10.1. The van der Waals surface area contributed by atoms with Gasteiger partial charge < -0.3 is 20.3 Å². The second-order valence-electron chi connectivity index (χ2n) is 5.80. The van der Waals surface area contributed by atoms with Gasteiger partial charge in [-0.25, -0.2) is 10.1 Å². The number of carbonyl (C=O) groups excluding carboxylic acids is 1. The Morgan fingerprint density at radius 1 is 1.11 bits per heavy atom. The second-order valence-corrected chi connectivity index (χ2v) is 5.80. The summed E-state index contributed by atoms with van der Waals surface area (Å²) < 4.78 is 18.7. The van der Waals surface area contributed by atoms with E-state index in [1.54, 1.807) is 43.7 Å². The molecule has 0 aliphatic heterocycles. The number of hydrogen-bond donors (Lipinski definition) is 1. The smallest absolute Gasteiger partial charge is 0.817 e. The number of benzene rings is 2. The Kier molecular flexibility index (Phi) is 7.55. The average molecular weight is 420 g/mol. The first-order valence-corrected chi connectivity index (χ1v) is 8.21. The van der Waals surface area contributed by atoms with E-state index in [9.17, 15) is 14.6 Å². The first-order valence-electron chi connectivity index (χ1n) is 8.21. The number of hydrogen-bond acceptors (Lipinski definition) is 4. The molecular formula is C21H16FN3NiO2. The molecule has 0 aliphatic carbocycles. The molecular weight excluding hydrogens is 404 g/mol. The Hall–Kier alpha value is -2.89. The molecule has 3 rings (SSSR count). The second kappa shape index (κ2) is 9.88. The van der Waals surface area contributed by atoms with Crippen LogP contribution in [0.15, 0.2) is 60.9 Å². The third-order valence-electron chi connectivity index (χ3n) is 3.88. The minimum absolute atomic E-state index is 0. The van der Waals surface area contributed by atoms with Crippen molar-refractivity contribution in [3.8, 4) is 22.6 Å². The van der Waals surface area contributed by atoms with E-state index in [-0.39, 0.29) is 40.1 Å². The molecule has 0 unspecified atom stereocenters. The van der Waals surface area contributed by atoms with Gasteiger partial charge in [-0.3, -0.25) is 4.98 Å². The van der Waals surface area contributed by atoms with Crippen molar-refractivity contribution in [3.05, 3.63) is 83.3 Å². The molecule has 1 aromatic heterocycles. The van der Waals surface area contributed by atoms with Gasteiger partial charge in [0.2, 0.25) is 0 Å². The molecule has 7 heteroatoms. The maximum atomic E-state index is 13.0. The van der Waals surface area contributed by atoms with Crippen LogP contribution in [0.4, 0.5) is 4.39 Å². The number of rotatable bonds is 7. The van der Waals surface area contributed by atoms with Crippen molar-refractivity contribution in [1.29, 1.82) is 0 Å². The van der Waals surface area contributed by atoms with Gasteiger partial charge in [-0.05, 0) is 49.5 Å². The summed E-state index contributed by atoms with van der Waals surface area (Å²) in [5.74, 6) is 0.628. The van der Waals surface area contributed by atoms with Gasteiger partial charge in [-0.15, -0.1) is 23.3 Å². The third kappa shape index (κ3) is 5.09. The Balaban J connectivity index is 0.00000280. The SMILES string of the molecule is CNCC(=[N-])c1cc(-c2cncc(Oc3ccc(F)cc3)c2)ccc1[C-]=O.[Ni+2]. The molecule has 0 aliphatic rings. The van der Waals surface area contributed by atoms with Crippen molar-refractivity contribution in [2.75, 3.05) is 13.6 Å². The van der Waals surface area contributed by atoms with Gasteiger partial charge in [-0.2, -0.15) is 6.07 Å². The van der Waals surface area contributed by atoms with Crippen molar-refractivity contribution in [1.82, 2.24) is 10.3 Å². The molecule has 0 spiro atoms. The number of ether oxygens (including phenoxy) is 1. The van der Waals surface area contributed by atoms with Gasteiger partial charge >= 0.3 is 16.5 Å². The predicted octanol–water partition coefficient (Wildman–Crippen LogP) is 3.71. The first kappa shape index (κ1) is 21.4. The van der Waals surface area contributed by atoms with Crippen LogP contribution in [0.5, 0.6) is 11.5 Å². The summed E-state index contributed by atoms with van der Waals surface area (Å²) in [6.45, 7) is 0.226. The van der Waals surface area contributed by atoms with Gasteiger partial charge in [0.25, 0.3) is 0 Å². The van der Waals surface area contributed by atoms with Crippen LogP contribution >= 0.6 is 0 Å². The Morgan fingerprint density at radius 2 is 1.86 bits per heavy atom. The maximum Gasteiger partial charge on any atom is 2.00 e. The van der Waals surface area contributed by atoms with Gasteiger partial charge in [0.05, 0.1) is 12.5 Å². The van der Waals surface area contributed by atoms with Gasteiger partial charge in [-0.1, -0.05) is 0 Å². The summed E-state index contributed by atoms with van der Waals surface area (Å²) in [6.07, 6.45) is 5.03. The first-order chi connectivity index (χ1) is 13.1. The maximum absolute atomic E-state index is 13.0. The van der Waals surface area contributed by atoms with Crippen LogP contribution in [-0.2, 0) is 21.3 Å². The number of aromatic nitrogens is 1. The van der Waals surface area contributed by atoms with E-state index in [1.165, 1.54) is 24.3 Å². The predicted molar refractivity (Wildman–Crippen MR) is 102 cm³/mol. The number of likely N-dealkylation sites (N-methyl/N-ethyl adjacent to an activating group) is 1. The fraction of sp³-hybridized carbons (Fsp3) is 0.0952. The monoisotopic (exact) mass is 419 g/mol. The molecule has 0 amide bonds. The van der Waals surface area contributed by atoms with E-state index in [0.717, 1.165) is 11.1 Å². The van der Waals surface area contributed by atoms with Crippen LogP contribution in [0.3, 0.4) is 0 Å². The Labute approximate surface area is 172 Å². The van der Waals surface area contributed by atoms with Crippen molar-refractivity contribution in [3.63, 3.8) is 0 Å². The topological polar surface area (TPSA) is 73.5 Å². The van der Waals surface area contributed by atoms with Gasteiger partial charge in [0.1, 0.15) is 17.3 Å². The van der Waals surface area contributed by atoms with E-state index in [2.05, 4.69) is 10.3 Å². The quantitative estimate of drug-likeness (QED) is 0.360. The molecule has 28 heavy (non-hydrogen) atoms. The van der Waals surface area contributed by atoms with Crippen LogP contribution in [-0.4, -0.2) is 30.6 Å². The van der Waals surface area contributed by atoms with Crippen LogP contribution in [0.2, 0.25) is 0 Å². The zero-order chi connectivity index (χ0) is 19.2. The van der Waals surface area contributed by atoms with Gasteiger partial charge in [0, 0.05) is 11.8 Å². The standard InChI is InChI=1S/C21H16FN3O2.Ni/c1-24-12-21(23)20-9-14(2-3-15(20)13-26)16-8-19(11-25-10-16)27-18-6-4-17(22)5-7-18;/h2-11,24H,12H2,1H3;/q-2;+2. The van der Waals surface area contributed by atoms with E-state index in [1.807, 2.05) is 6.29 Å². The van der Waals surface area contributed by atoms with E-state index in [0.29, 0.717) is 17.1 Å². The summed E-state index contributed by atoms with van der Waals surface area (Å²) in [7, 11) is 1.70. The van der Waals surface area contributed by atoms with Gasteiger partial charge in [0.15, 0.2) is 0 Å². The third-order valence-corrected chi connectivity index (χ3v) is 3.88. The van der Waals surface area contributed by atoms with Crippen molar-refractivity contribution < 1.29 is 30.4 Å². The fourth-order valence-corrected chi connectivity index (χ4v) is 2.59. The minimum atomic E-state index is -0.341. The van der Waals surface area contributed by atoms with E-state index in [4.69, 9.17) is 4.74 Å². The largest absolute Gasteiger partial charge is 2.00 e. The zero-order valence-corrected chi connectivity index (χ0v) is 15.9. The van der Waals surface area contributed by atoms with Crippen LogP contribution in [0.1, 0.15) is 11.1 Å². The number of halogens is 1. The molecule has 0 saturated carbocycles. The molecule has 0 radical (unpaired) electrons. The molecule has 144 valence electrons. The van der Waals surface area contributed by atoms with Crippen molar-refractivity contribution in [2.45, 2.75) is 0 Å². The van der Waals surface area contributed by atoms with Crippen molar-refractivity contribution in [2.24, 2.45) is 0 Å². The molecule has 0 fully saturated rings. The average Bonchev–Trinajstić information content (AvgIpc) is 2.69. The summed E-state index contributed by atoms with van der Waals surface area (Å²) in [6, 6.07) is 12.5. The molecule has 1 N–H and O–H groups in total. The van der Waals surface area contributed by atoms with E-state index >= 15 is 0 Å². The molecule has 0 saturated heterocycles. The van der Waals surface area contributed by atoms with Crippen molar-refractivity contribution >= 4 is 12.0 Å². The number of nitrogens with one attached hydrogen (secondary N) is 1. The van der Waals surface area contributed by atoms with Crippen LogP contribution < -0.4 is 10.1 Å². The summed E-state index contributed by atoms with van der Waals surface area (Å²) >= 11 is 0. The molecule has 0 atom stereocenters. The molecule has 2 aromatic carbocycles. The molecule has 3 aromatic rings. The van der Waals surface area contributed by atoms with Crippen LogP contribution in [0.25, 0.3) is 16.5 Å². The summed E-state index contributed by atoms with van der Waals surface area (Å²) in [5.41, 5.74) is 2.22. The molecule has 0 bridgehead atoms. The van der Waals surface area contributed by atoms with E-state index < -0.39 is 0 Å². The summed E-state index contributed by atoms with van der Waals surface area (Å²) in [4.78, 5) is 15.3. The Morgan fingerprint density at radius 3 is 2.54 bits per heavy atom. The van der Waals surface area contributed by atoms with Crippen LogP contribution in [0, 0.1) is 5.82 Å². The summed E-state index contributed by atoms with van der Waals surface area (Å²) in [5, 5.41) is 13.0.